The summed E-state index contributed by atoms with van der Waals surface area (Å²) in [4.78, 5) is 25.1. The number of nitrogens with zero attached hydrogens (tertiary/aromatic N) is 3. The van der Waals surface area contributed by atoms with Gasteiger partial charge < -0.3 is 14.8 Å². The molecule has 0 unspecified atom stereocenters. The second-order valence-corrected chi connectivity index (χ2v) is 6.59. The van der Waals surface area contributed by atoms with Gasteiger partial charge in [0.2, 0.25) is 0 Å². The van der Waals surface area contributed by atoms with E-state index in [-0.39, 0.29) is 5.91 Å². The third kappa shape index (κ3) is 2.76. The fourth-order valence-corrected chi connectivity index (χ4v) is 3.61. The van der Waals surface area contributed by atoms with Crippen molar-refractivity contribution in [3.05, 3.63) is 59.4 Å². The van der Waals surface area contributed by atoms with Gasteiger partial charge in [0.15, 0.2) is 0 Å². The first-order valence-corrected chi connectivity index (χ1v) is 8.68. The lowest BCUT2D eigenvalue weighted by molar-refractivity contribution is 0.0748. The Balaban J connectivity index is 1.55. The normalized spacial score (nSPS) is 15.0. The molecule has 5 heteroatoms. The maximum Gasteiger partial charge on any atom is 0.256 e. The molecule has 0 atom stereocenters. The molecule has 128 valence electrons. The van der Waals surface area contributed by atoms with Crippen molar-refractivity contribution in [3.63, 3.8) is 0 Å². The number of anilines is 1. The topological polar surface area (TPSA) is 52.2 Å². The zero-order valence-electron chi connectivity index (χ0n) is 14.6. The van der Waals surface area contributed by atoms with E-state index < -0.39 is 0 Å². The van der Waals surface area contributed by atoms with Gasteiger partial charge in [-0.3, -0.25) is 4.79 Å². The number of aromatic amines is 1. The largest absolute Gasteiger partial charge is 0.358 e. The third-order valence-corrected chi connectivity index (χ3v) is 4.98. The van der Waals surface area contributed by atoms with Gasteiger partial charge in [-0.15, -0.1) is 0 Å². The molecule has 0 spiro atoms. The highest BCUT2D eigenvalue weighted by molar-refractivity contribution is 6.08. The summed E-state index contributed by atoms with van der Waals surface area (Å²) in [5.74, 6) is 1.10. The Kier molecular flexibility index (Phi) is 3.92. The maximum atomic E-state index is 13.1. The molecular weight excluding hydrogens is 312 g/mol. The van der Waals surface area contributed by atoms with E-state index in [1.54, 1.807) is 0 Å². The van der Waals surface area contributed by atoms with Crippen molar-refractivity contribution in [2.45, 2.75) is 13.8 Å². The van der Waals surface area contributed by atoms with E-state index in [0.717, 1.165) is 41.1 Å². The second kappa shape index (κ2) is 6.24. The molecule has 3 aromatic rings. The van der Waals surface area contributed by atoms with Crippen molar-refractivity contribution < 1.29 is 4.79 Å². The van der Waals surface area contributed by atoms with Crippen LogP contribution >= 0.6 is 0 Å². The predicted octanol–water partition coefficient (Wildman–Crippen LogP) is 3.14. The number of benzene rings is 1. The minimum atomic E-state index is 0.120. The quantitative estimate of drug-likeness (QED) is 0.783. The number of aryl methyl sites for hydroxylation is 2. The molecule has 1 aliphatic heterocycles. The highest BCUT2D eigenvalue weighted by atomic mass is 16.2. The molecule has 1 fully saturated rings. The zero-order valence-corrected chi connectivity index (χ0v) is 14.6. The van der Waals surface area contributed by atoms with Crippen LogP contribution in [0, 0.1) is 13.8 Å². The summed E-state index contributed by atoms with van der Waals surface area (Å²) in [6, 6.07) is 12.1. The number of piperazine rings is 1. The lowest BCUT2D eigenvalue weighted by Crippen LogP contribution is -2.49. The van der Waals surface area contributed by atoms with Crippen molar-refractivity contribution in [2.75, 3.05) is 31.1 Å². The zero-order chi connectivity index (χ0) is 17.4. The smallest absolute Gasteiger partial charge is 0.256 e. The Morgan fingerprint density at radius 1 is 1.04 bits per heavy atom. The number of amides is 1. The van der Waals surface area contributed by atoms with Crippen molar-refractivity contribution in [2.24, 2.45) is 0 Å². The van der Waals surface area contributed by atoms with E-state index in [1.807, 2.05) is 48.4 Å². The Bertz CT molecular complexity index is 908. The molecule has 0 radical (unpaired) electrons. The number of rotatable bonds is 2. The SMILES string of the molecule is Cc1[nH]c2c(C)cccc2c1C(=O)N1CCN(c2ccccn2)CC1. The first-order chi connectivity index (χ1) is 12.1. The summed E-state index contributed by atoms with van der Waals surface area (Å²) in [6.07, 6.45) is 1.81. The van der Waals surface area contributed by atoms with Gasteiger partial charge in [0.25, 0.3) is 5.91 Å². The van der Waals surface area contributed by atoms with Crippen LogP contribution in [0.3, 0.4) is 0 Å². The summed E-state index contributed by atoms with van der Waals surface area (Å²) in [6.45, 7) is 7.10. The number of carbonyl (C=O) groups is 1. The van der Waals surface area contributed by atoms with Crippen molar-refractivity contribution in [3.8, 4) is 0 Å². The molecule has 4 rings (SSSR count). The van der Waals surface area contributed by atoms with Crippen LogP contribution in [0.1, 0.15) is 21.6 Å². The van der Waals surface area contributed by atoms with Crippen molar-refractivity contribution in [1.82, 2.24) is 14.9 Å². The number of aromatic nitrogens is 2. The first kappa shape index (κ1) is 15.7. The van der Waals surface area contributed by atoms with Crippen molar-refractivity contribution in [1.29, 1.82) is 0 Å². The molecule has 0 saturated carbocycles. The van der Waals surface area contributed by atoms with Crippen LogP contribution in [0.15, 0.2) is 42.6 Å². The lowest BCUT2D eigenvalue weighted by atomic mass is 10.1. The predicted molar refractivity (Wildman–Crippen MR) is 100 cm³/mol. The average molecular weight is 334 g/mol. The van der Waals surface area contributed by atoms with Crippen LogP contribution in [-0.2, 0) is 0 Å². The first-order valence-electron chi connectivity index (χ1n) is 8.68. The number of H-pyrrole nitrogens is 1. The standard InChI is InChI=1S/C20H22N4O/c1-14-6-5-7-16-18(15(2)22-19(14)16)20(25)24-12-10-23(11-13-24)17-8-3-4-9-21-17/h3-9,22H,10-13H2,1-2H3. The van der Waals surface area contributed by atoms with Gasteiger partial charge >= 0.3 is 0 Å². The van der Waals surface area contributed by atoms with Gasteiger partial charge in [0, 0.05) is 49.0 Å². The molecule has 1 saturated heterocycles. The molecule has 2 aromatic heterocycles. The minimum Gasteiger partial charge on any atom is -0.358 e. The molecule has 5 nitrogen and oxygen atoms in total. The number of nitrogens with one attached hydrogen (secondary N) is 1. The van der Waals surface area contributed by atoms with E-state index in [4.69, 9.17) is 0 Å². The summed E-state index contributed by atoms with van der Waals surface area (Å²) in [5.41, 5.74) is 3.99. The molecule has 1 N–H and O–H groups in total. The molecular formula is C20H22N4O. The molecule has 0 bridgehead atoms. The summed E-state index contributed by atoms with van der Waals surface area (Å²) in [5, 5.41) is 1.02. The van der Waals surface area contributed by atoms with Gasteiger partial charge in [-0.05, 0) is 31.5 Å². The van der Waals surface area contributed by atoms with E-state index in [9.17, 15) is 4.79 Å². The molecule has 1 aromatic carbocycles. The van der Waals surface area contributed by atoms with Gasteiger partial charge in [0.1, 0.15) is 5.82 Å². The van der Waals surface area contributed by atoms with Gasteiger partial charge in [-0.1, -0.05) is 24.3 Å². The van der Waals surface area contributed by atoms with Gasteiger partial charge in [0.05, 0.1) is 5.56 Å². The number of fused-ring (bicyclic) bond motifs is 1. The van der Waals surface area contributed by atoms with E-state index in [0.29, 0.717) is 13.1 Å². The average Bonchev–Trinajstić information content (AvgIpc) is 2.99. The van der Waals surface area contributed by atoms with Crippen molar-refractivity contribution >= 4 is 22.6 Å². The van der Waals surface area contributed by atoms with E-state index >= 15 is 0 Å². The highest BCUT2D eigenvalue weighted by Crippen LogP contribution is 2.26. The van der Waals surface area contributed by atoms with Crippen LogP contribution in [0.2, 0.25) is 0 Å². The molecule has 1 aliphatic rings. The molecule has 25 heavy (non-hydrogen) atoms. The fraction of sp³-hybridized carbons (Fsp3) is 0.300. The van der Waals surface area contributed by atoms with Crippen LogP contribution in [-0.4, -0.2) is 47.0 Å². The monoisotopic (exact) mass is 334 g/mol. The summed E-state index contributed by atoms with van der Waals surface area (Å²) >= 11 is 0. The van der Waals surface area contributed by atoms with Crippen LogP contribution < -0.4 is 4.90 Å². The lowest BCUT2D eigenvalue weighted by Gasteiger charge is -2.35. The maximum absolute atomic E-state index is 13.1. The Morgan fingerprint density at radius 3 is 2.56 bits per heavy atom. The van der Waals surface area contributed by atoms with E-state index in [2.05, 4.69) is 27.9 Å². The number of pyridine rings is 1. The highest BCUT2D eigenvalue weighted by Gasteiger charge is 2.26. The number of hydrogen-bond donors (Lipinski definition) is 1. The number of carbonyl (C=O) groups excluding carboxylic acids is 1. The van der Waals surface area contributed by atoms with Gasteiger partial charge in [-0.25, -0.2) is 4.98 Å². The Hall–Kier alpha value is -2.82. The third-order valence-electron chi connectivity index (χ3n) is 4.98. The second-order valence-electron chi connectivity index (χ2n) is 6.59. The Labute approximate surface area is 147 Å². The number of hydrogen-bond acceptors (Lipinski definition) is 3. The molecule has 3 heterocycles. The molecule has 0 aliphatic carbocycles. The van der Waals surface area contributed by atoms with Crippen LogP contribution in [0.4, 0.5) is 5.82 Å². The molecule has 1 amide bonds. The number of para-hydroxylation sites is 1. The van der Waals surface area contributed by atoms with E-state index in [1.165, 1.54) is 5.56 Å². The van der Waals surface area contributed by atoms with Crippen LogP contribution in [0.25, 0.3) is 10.9 Å². The fourth-order valence-electron chi connectivity index (χ4n) is 3.61. The minimum absolute atomic E-state index is 0.120. The summed E-state index contributed by atoms with van der Waals surface area (Å²) in [7, 11) is 0. The summed E-state index contributed by atoms with van der Waals surface area (Å²) < 4.78 is 0. The van der Waals surface area contributed by atoms with Gasteiger partial charge in [-0.2, -0.15) is 0 Å². The Morgan fingerprint density at radius 2 is 1.84 bits per heavy atom. The van der Waals surface area contributed by atoms with Crippen LogP contribution in [0.5, 0.6) is 0 Å².